The first-order valence-electron chi connectivity index (χ1n) is 11.2. The molecule has 0 radical (unpaired) electrons. The van der Waals surface area contributed by atoms with Crippen molar-refractivity contribution in [2.75, 3.05) is 27.3 Å². The number of halogens is 1. The maximum atomic E-state index is 13.3. The van der Waals surface area contributed by atoms with Crippen LogP contribution in [0.5, 0.6) is 11.5 Å². The fraction of sp³-hybridized carbons (Fsp3) is 0.308. The maximum absolute atomic E-state index is 13.3. The summed E-state index contributed by atoms with van der Waals surface area (Å²) in [7, 11) is 3.15. The Morgan fingerprint density at radius 2 is 1.69 bits per heavy atom. The van der Waals surface area contributed by atoms with Crippen LogP contribution in [0, 0.1) is 12.7 Å². The highest BCUT2D eigenvalue weighted by Gasteiger charge is 2.19. The largest absolute Gasteiger partial charge is 0.493 e. The molecule has 8 nitrogen and oxygen atoms in total. The van der Waals surface area contributed by atoms with Crippen LogP contribution >= 0.6 is 0 Å². The second kappa shape index (κ2) is 12.5. The van der Waals surface area contributed by atoms with Gasteiger partial charge in [0.2, 0.25) is 5.91 Å². The molecule has 0 unspecified atom stereocenters. The standard InChI is InChI=1S/C26H29FN4O4/c1-18-15-30-22(16-29-18)26(33)31(17-20-4-7-21(27)8-5-20)13-11-25(32)28-12-10-19-6-9-23(34-2)24(14-19)35-3/h4-9,14-16H,10-13,17H2,1-3H3,(H,28,32). The zero-order valence-corrected chi connectivity index (χ0v) is 20.1. The van der Waals surface area contributed by atoms with Crippen molar-refractivity contribution in [3.63, 3.8) is 0 Å². The zero-order chi connectivity index (χ0) is 25.2. The molecule has 0 spiro atoms. The normalized spacial score (nSPS) is 10.5. The van der Waals surface area contributed by atoms with Gasteiger partial charge in [0.15, 0.2) is 11.5 Å². The van der Waals surface area contributed by atoms with Gasteiger partial charge in [-0.2, -0.15) is 0 Å². The van der Waals surface area contributed by atoms with Crippen LogP contribution in [-0.4, -0.2) is 54.0 Å². The maximum Gasteiger partial charge on any atom is 0.274 e. The Bertz CT molecular complexity index is 1140. The number of hydrogen-bond acceptors (Lipinski definition) is 6. The lowest BCUT2D eigenvalue weighted by Crippen LogP contribution is -2.35. The molecule has 184 valence electrons. The van der Waals surface area contributed by atoms with E-state index in [1.54, 1.807) is 33.3 Å². The first kappa shape index (κ1) is 25.6. The van der Waals surface area contributed by atoms with Gasteiger partial charge in [0, 0.05) is 32.3 Å². The van der Waals surface area contributed by atoms with E-state index < -0.39 is 0 Å². The Kier molecular flexibility index (Phi) is 9.11. The van der Waals surface area contributed by atoms with Crippen molar-refractivity contribution in [3.05, 3.63) is 83.2 Å². The average molecular weight is 481 g/mol. The molecule has 0 aliphatic heterocycles. The van der Waals surface area contributed by atoms with Gasteiger partial charge in [0.25, 0.3) is 5.91 Å². The van der Waals surface area contributed by atoms with Crippen LogP contribution in [-0.2, 0) is 17.8 Å². The number of benzene rings is 2. The van der Waals surface area contributed by atoms with Gasteiger partial charge in [-0.25, -0.2) is 9.37 Å². The first-order valence-corrected chi connectivity index (χ1v) is 11.2. The summed E-state index contributed by atoms with van der Waals surface area (Å²) in [5.74, 6) is 0.386. The van der Waals surface area contributed by atoms with Gasteiger partial charge in [-0.1, -0.05) is 18.2 Å². The Hall–Kier alpha value is -4.01. The molecule has 2 aromatic carbocycles. The molecular weight excluding hydrogens is 451 g/mol. The van der Waals surface area contributed by atoms with Gasteiger partial charge in [0.05, 0.1) is 26.1 Å². The highest BCUT2D eigenvalue weighted by Crippen LogP contribution is 2.27. The molecule has 3 rings (SSSR count). The minimum atomic E-state index is -0.357. The predicted molar refractivity (Wildman–Crippen MR) is 129 cm³/mol. The number of nitrogens with one attached hydrogen (secondary N) is 1. The molecule has 0 aliphatic rings. The van der Waals surface area contributed by atoms with Crippen LogP contribution in [0.25, 0.3) is 0 Å². The first-order chi connectivity index (χ1) is 16.9. The number of aromatic nitrogens is 2. The second-order valence-corrected chi connectivity index (χ2v) is 7.94. The van der Waals surface area contributed by atoms with Gasteiger partial charge < -0.3 is 19.7 Å². The smallest absolute Gasteiger partial charge is 0.274 e. The van der Waals surface area contributed by atoms with Crippen molar-refractivity contribution in [2.45, 2.75) is 26.3 Å². The zero-order valence-electron chi connectivity index (χ0n) is 20.1. The monoisotopic (exact) mass is 480 g/mol. The third-order valence-corrected chi connectivity index (χ3v) is 5.37. The summed E-state index contributed by atoms with van der Waals surface area (Å²) < 4.78 is 23.8. The van der Waals surface area contributed by atoms with E-state index in [4.69, 9.17) is 9.47 Å². The van der Waals surface area contributed by atoms with E-state index in [1.165, 1.54) is 29.4 Å². The summed E-state index contributed by atoms with van der Waals surface area (Å²) in [6.07, 6.45) is 3.66. The number of carbonyl (C=O) groups is 2. The van der Waals surface area contributed by atoms with Gasteiger partial charge >= 0.3 is 0 Å². The van der Waals surface area contributed by atoms with Crippen LogP contribution in [0.2, 0.25) is 0 Å². The third kappa shape index (κ3) is 7.49. The number of methoxy groups -OCH3 is 2. The highest BCUT2D eigenvalue weighted by molar-refractivity contribution is 5.92. The lowest BCUT2D eigenvalue weighted by Gasteiger charge is -2.22. The van der Waals surface area contributed by atoms with E-state index in [2.05, 4.69) is 15.3 Å². The summed E-state index contributed by atoms with van der Waals surface area (Å²) >= 11 is 0. The summed E-state index contributed by atoms with van der Waals surface area (Å²) in [5.41, 5.74) is 2.62. The van der Waals surface area contributed by atoms with Crippen molar-refractivity contribution < 1.29 is 23.5 Å². The van der Waals surface area contributed by atoms with Crippen molar-refractivity contribution in [1.82, 2.24) is 20.2 Å². The molecule has 0 saturated heterocycles. The van der Waals surface area contributed by atoms with E-state index >= 15 is 0 Å². The number of carbonyl (C=O) groups excluding carboxylic acids is 2. The van der Waals surface area contributed by atoms with Gasteiger partial charge in [-0.3, -0.25) is 14.6 Å². The molecule has 0 saturated carbocycles. The van der Waals surface area contributed by atoms with E-state index in [0.29, 0.717) is 30.2 Å². The minimum absolute atomic E-state index is 0.109. The Labute approximate surface area is 204 Å². The van der Waals surface area contributed by atoms with E-state index in [-0.39, 0.29) is 42.8 Å². The van der Waals surface area contributed by atoms with E-state index in [9.17, 15) is 14.0 Å². The van der Waals surface area contributed by atoms with E-state index in [0.717, 1.165) is 11.1 Å². The van der Waals surface area contributed by atoms with Crippen molar-refractivity contribution in [2.24, 2.45) is 0 Å². The summed E-state index contributed by atoms with van der Waals surface area (Å²) in [6.45, 7) is 2.61. The fourth-order valence-electron chi connectivity index (χ4n) is 3.43. The van der Waals surface area contributed by atoms with E-state index in [1.807, 2.05) is 18.2 Å². The molecule has 0 bridgehead atoms. The molecule has 2 amide bonds. The lowest BCUT2D eigenvalue weighted by atomic mass is 10.1. The van der Waals surface area contributed by atoms with Crippen molar-refractivity contribution in [3.8, 4) is 11.5 Å². The third-order valence-electron chi connectivity index (χ3n) is 5.37. The van der Waals surface area contributed by atoms with Crippen LogP contribution in [0.3, 0.4) is 0 Å². The summed E-state index contributed by atoms with van der Waals surface area (Å²) in [4.78, 5) is 35.3. The van der Waals surface area contributed by atoms with Gasteiger partial charge in [-0.05, 0) is 48.7 Å². The van der Waals surface area contributed by atoms with Crippen molar-refractivity contribution >= 4 is 11.8 Å². The predicted octanol–water partition coefficient (Wildman–Crippen LogP) is 3.33. The quantitative estimate of drug-likeness (QED) is 0.453. The second-order valence-electron chi connectivity index (χ2n) is 7.94. The Morgan fingerprint density at radius 1 is 0.971 bits per heavy atom. The molecule has 3 aromatic rings. The van der Waals surface area contributed by atoms with Gasteiger partial charge in [-0.15, -0.1) is 0 Å². The number of nitrogens with zero attached hydrogens (tertiary/aromatic N) is 3. The fourth-order valence-corrected chi connectivity index (χ4v) is 3.43. The molecular formula is C26H29FN4O4. The van der Waals surface area contributed by atoms with Gasteiger partial charge in [0.1, 0.15) is 11.5 Å². The number of rotatable bonds is 11. The average Bonchev–Trinajstić information content (AvgIpc) is 2.87. The molecule has 1 aromatic heterocycles. The molecule has 0 atom stereocenters. The molecule has 1 heterocycles. The van der Waals surface area contributed by atoms with Crippen LogP contribution in [0.1, 0.15) is 33.7 Å². The number of ether oxygens (including phenoxy) is 2. The minimum Gasteiger partial charge on any atom is -0.493 e. The number of hydrogen-bond donors (Lipinski definition) is 1. The van der Waals surface area contributed by atoms with Crippen LogP contribution in [0.4, 0.5) is 4.39 Å². The topological polar surface area (TPSA) is 93.7 Å². The molecule has 0 fully saturated rings. The Balaban J connectivity index is 1.58. The number of amides is 2. The summed E-state index contributed by atoms with van der Waals surface area (Å²) in [6, 6.07) is 11.5. The molecule has 0 aliphatic carbocycles. The molecule has 1 N–H and O–H groups in total. The number of aryl methyl sites for hydroxylation is 1. The Morgan fingerprint density at radius 3 is 2.34 bits per heavy atom. The highest BCUT2D eigenvalue weighted by atomic mass is 19.1. The molecule has 35 heavy (non-hydrogen) atoms. The molecule has 9 heteroatoms. The SMILES string of the molecule is COc1ccc(CCNC(=O)CCN(Cc2ccc(F)cc2)C(=O)c2cnc(C)cn2)cc1OC. The lowest BCUT2D eigenvalue weighted by molar-refractivity contribution is -0.121. The van der Waals surface area contributed by atoms with Crippen molar-refractivity contribution in [1.29, 1.82) is 0 Å². The van der Waals surface area contributed by atoms with Crippen LogP contribution < -0.4 is 14.8 Å². The van der Waals surface area contributed by atoms with Crippen LogP contribution in [0.15, 0.2) is 54.9 Å². The summed E-state index contributed by atoms with van der Waals surface area (Å²) in [5, 5.41) is 2.88.